The van der Waals surface area contributed by atoms with E-state index < -0.39 is 0 Å². The minimum Gasteiger partial charge on any atom is -0.390 e. The number of nitrogens with zero attached hydrogens (tertiary/aromatic N) is 4. The van der Waals surface area contributed by atoms with Crippen LogP contribution in [0.4, 0.5) is 0 Å². The van der Waals surface area contributed by atoms with Gasteiger partial charge >= 0.3 is 0 Å². The Labute approximate surface area is 100 Å². The van der Waals surface area contributed by atoms with Crippen LogP contribution in [0.5, 0.6) is 0 Å². The van der Waals surface area contributed by atoms with Gasteiger partial charge in [-0.1, -0.05) is 19.1 Å². The van der Waals surface area contributed by atoms with Crippen molar-refractivity contribution in [1.82, 2.24) is 20.0 Å². The van der Waals surface area contributed by atoms with Crippen molar-refractivity contribution < 1.29 is 5.11 Å². The highest BCUT2D eigenvalue weighted by Gasteiger charge is 2.14. The smallest absolute Gasteiger partial charge is 0.116 e. The van der Waals surface area contributed by atoms with Gasteiger partial charge in [0.2, 0.25) is 0 Å². The average Bonchev–Trinajstić information content (AvgIpc) is 2.72. The molecule has 0 bridgehead atoms. The van der Waals surface area contributed by atoms with Crippen molar-refractivity contribution in [2.45, 2.75) is 27.0 Å². The number of aliphatic hydroxyl groups is 1. The first kappa shape index (κ1) is 11.7. The van der Waals surface area contributed by atoms with Gasteiger partial charge < -0.3 is 5.11 Å². The minimum absolute atomic E-state index is 0.101. The van der Waals surface area contributed by atoms with E-state index in [1.165, 1.54) is 0 Å². The van der Waals surface area contributed by atoms with Crippen LogP contribution in [0.1, 0.15) is 19.5 Å². The van der Waals surface area contributed by atoms with Crippen LogP contribution in [-0.2, 0) is 13.2 Å². The van der Waals surface area contributed by atoms with Gasteiger partial charge in [0.1, 0.15) is 5.69 Å². The Bertz CT molecular complexity index is 479. The summed E-state index contributed by atoms with van der Waals surface area (Å²) in [5.74, 6) is 0.476. The van der Waals surface area contributed by atoms with Crippen molar-refractivity contribution in [3.8, 4) is 11.3 Å². The molecule has 0 amide bonds. The first-order valence-electron chi connectivity index (χ1n) is 5.66. The summed E-state index contributed by atoms with van der Waals surface area (Å²) in [6.45, 7) is 4.92. The van der Waals surface area contributed by atoms with Crippen molar-refractivity contribution in [3.63, 3.8) is 0 Å². The molecular weight excluding hydrogens is 216 g/mol. The molecule has 0 aromatic carbocycles. The van der Waals surface area contributed by atoms with E-state index in [2.05, 4.69) is 29.1 Å². The van der Waals surface area contributed by atoms with E-state index in [-0.39, 0.29) is 6.61 Å². The number of hydrogen-bond donors (Lipinski definition) is 1. The SMILES string of the molecule is CC(C)Cn1nnc(CO)c1-c1ccncc1. The summed E-state index contributed by atoms with van der Waals surface area (Å²) < 4.78 is 1.84. The lowest BCUT2D eigenvalue weighted by Gasteiger charge is -2.09. The van der Waals surface area contributed by atoms with E-state index in [0.717, 1.165) is 17.8 Å². The lowest BCUT2D eigenvalue weighted by Crippen LogP contribution is -2.08. The largest absolute Gasteiger partial charge is 0.390 e. The van der Waals surface area contributed by atoms with Gasteiger partial charge in [-0.15, -0.1) is 5.10 Å². The van der Waals surface area contributed by atoms with Crippen molar-refractivity contribution in [2.24, 2.45) is 5.92 Å². The molecule has 0 aliphatic rings. The normalized spacial score (nSPS) is 11.1. The van der Waals surface area contributed by atoms with E-state index in [0.29, 0.717) is 11.6 Å². The average molecular weight is 232 g/mol. The predicted octanol–water partition coefficient (Wildman–Crippen LogP) is 1.49. The molecule has 0 radical (unpaired) electrons. The Morgan fingerprint density at radius 2 is 2.00 bits per heavy atom. The highest BCUT2D eigenvalue weighted by molar-refractivity contribution is 5.60. The lowest BCUT2D eigenvalue weighted by atomic mass is 10.1. The summed E-state index contributed by atoms with van der Waals surface area (Å²) in [4.78, 5) is 3.99. The van der Waals surface area contributed by atoms with Crippen LogP contribution in [0.25, 0.3) is 11.3 Å². The predicted molar refractivity (Wildman–Crippen MR) is 64.0 cm³/mol. The van der Waals surface area contributed by atoms with Gasteiger partial charge in [0.25, 0.3) is 0 Å². The summed E-state index contributed by atoms with van der Waals surface area (Å²) in [7, 11) is 0. The first-order valence-corrected chi connectivity index (χ1v) is 5.66. The molecule has 0 atom stereocenters. The van der Waals surface area contributed by atoms with Crippen LogP contribution in [-0.4, -0.2) is 25.1 Å². The second kappa shape index (κ2) is 5.05. The van der Waals surface area contributed by atoms with Gasteiger partial charge in [-0.05, 0) is 18.1 Å². The maximum absolute atomic E-state index is 9.30. The molecule has 5 heteroatoms. The number of aliphatic hydroxyl groups excluding tert-OH is 1. The highest BCUT2D eigenvalue weighted by atomic mass is 16.3. The van der Waals surface area contributed by atoms with Crippen molar-refractivity contribution in [1.29, 1.82) is 0 Å². The van der Waals surface area contributed by atoms with Crippen LogP contribution < -0.4 is 0 Å². The minimum atomic E-state index is -0.101. The van der Waals surface area contributed by atoms with E-state index in [1.54, 1.807) is 12.4 Å². The molecule has 0 saturated heterocycles. The standard InChI is InChI=1S/C12H16N4O/c1-9(2)7-16-12(11(8-17)14-15-16)10-3-5-13-6-4-10/h3-6,9,17H,7-8H2,1-2H3. The lowest BCUT2D eigenvalue weighted by molar-refractivity contribution is 0.277. The molecular formula is C12H16N4O. The molecule has 17 heavy (non-hydrogen) atoms. The van der Waals surface area contributed by atoms with Crippen LogP contribution in [0.2, 0.25) is 0 Å². The highest BCUT2D eigenvalue weighted by Crippen LogP contribution is 2.22. The molecule has 90 valence electrons. The molecule has 0 unspecified atom stereocenters. The number of aromatic nitrogens is 4. The van der Waals surface area contributed by atoms with Crippen LogP contribution >= 0.6 is 0 Å². The van der Waals surface area contributed by atoms with Gasteiger partial charge in [-0.25, -0.2) is 4.68 Å². The molecule has 1 N–H and O–H groups in total. The summed E-state index contributed by atoms with van der Waals surface area (Å²) >= 11 is 0. The third-order valence-electron chi connectivity index (χ3n) is 2.45. The maximum Gasteiger partial charge on any atom is 0.116 e. The molecule has 0 aliphatic heterocycles. The third-order valence-corrected chi connectivity index (χ3v) is 2.45. The Kier molecular flexibility index (Phi) is 3.49. The first-order chi connectivity index (χ1) is 8.22. The molecule has 2 heterocycles. The van der Waals surface area contributed by atoms with Crippen molar-refractivity contribution >= 4 is 0 Å². The second-order valence-electron chi connectivity index (χ2n) is 4.35. The molecule has 0 spiro atoms. The fraction of sp³-hybridized carbons (Fsp3) is 0.417. The molecule has 0 fully saturated rings. The summed E-state index contributed by atoms with van der Waals surface area (Å²) in [5, 5.41) is 17.4. The summed E-state index contributed by atoms with van der Waals surface area (Å²) in [5.41, 5.74) is 2.47. The van der Waals surface area contributed by atoms with Crippen LogP contribution in [0.3, 0.4) is 0 Å². The van der Waals surface area contributed by atoms with Gasteiger partial charge in [0.05, 0.1) is 12.3 Å². The summed E-state index contributed by atoms with van der Waals surface area (Å²) in [6.07, 6.45) is 3.45. The molecule has 2 aromatic rings. The van der Waals surface area contributed by atoms with Gasteiger partial charge in [0.15, 0.2) is 0 Å². The fourth-order valence-corrected chi connectivity index (χ4v) is 1.75. The van der Waals surface area contributed by atoms with E-state index in [1.807, 2.05) is 16.8 Å². The maximum atomic E-state index is 9.30. The van der Waals surface area contributed by atoms with Gasteiger partial charge in [-0.2, -0.15) is 0 Å². The number of pyridine rings is 1. The van der Waals surface area contributed by atoms with Gasteiger partial charge in [-0.3, -0.25) is 4.98 Å². The third kappa shape index (κ3) is 2.50. The zero-order valence-electron chi connectivity index (χ0n) is 10.0. The van der Waals surface area contributed by atoms with Crippen LogP contribution in [0.15, 0.2) is 24.5 Å². The molecule has 5 nitrogen and oxygen atoms in total. The summed E-state index contributed by atoms with van der Waals surface area (Å²) in [6, 6.07) is 3.80. The molecule has 2 aromatic heterocycles. The number of rotatable bonds is 4. The van der Waals surface area contributed by atoms with Crippen LogP contribution in [0, 0.1) is 5.92 Å². The zero-order valence-corrected chi connectivity index (χ0v) is 10.0. The van der Waals surface area contributed by atoms with Gasteiger partial charge in [0, 0.05) is 24.5 Å². The van der Waals surface area contributed by atoms with Crippen molar-refractivity contribution in [2.75, 3.05) is 0 Å². The van der Waals surface area contributed by atoms with Crippen molar-refractivity contribution in [3.05, 3.63) is 30.2 Å². The topological polar surface area (TPSA) is 63.8 Å². The Balaban J connectivity index is 2.46. The van der Waals surface area contributed by atoms with E-state index in [4.69, 9.17) is 0 Å². The Morgan fingerprint density at radius 3 is 2.59 bits per heavy atom. The Hall–Kier alpha value is -1.75. The molecule has 2 rings (SSSR count). The second-order valence-corrected chi connectivity index (χ2v) is 4.35. The van der Waals surface area contributed by atoms with E-state index in [9.17, 15) is 5.11 Å². The fourth-order valence-electron chi connectivity index (χ4n) is 1.75. The molecule has 0 aliphatic carbocycles. The quantitative estimate of drug-likeness (QED) is 0.867. The Morgan fingerprint density at radius 1 is 1.29 bits per heavy atom. The molecule has 0 saturated carbocycles. The number of hydrogen-bond acceptors (Lipinski definition) is 4. The zero-order chi connectivity index (χ0) is 12.3. The van der Waals surface area contributed by atoms with E-state index >= 15 is 0 Å². The monoisotopic (exact) mass is 232 g/mol.